The molecular weight excluding hydrogens is 345 g/mol. The average molecular weight is 359 g/mol. The summed E-state index contributed by atoms with van der Waals surface area (Å²) in [4.78, 5) is 0. The number of benzene rings is 1. The van der Waals surface area contributed by atoms with Crippen LogP contribution in [0.1, 0.15) is 19.3 Å². The van der Waals surface area contributed by atoms with E-state index < -0.39 is 6.36 Å². The highest BCUT2D eigenvalue weighted by molar-refractivity contribution is 9.10. The van der Waals surface area contributed by atoms with Gasteiger partial charge in [0.15, 0.2) is 0 Å². The van der Waals surface area contributed by atoms with Crippen LogP contribution < -0.4 is 9.47 Å². The van der Waals surface area contributed by atoms with Gasteiger partial charge in [0.1, 0.15) is 11.5 Å². The number of unbranched alkanes of at least 4 members (excludes halogenated alkanes) is 2. The van der Waals surface area contributed by atoms with Crippen LogP contribution in [0.15, 0.2) is 22.7 Å². The summed E-state index contributed by atoms with van der Waals surface area (Å²) in [5.74, 6) is 1.07. The van der Waals surface area contributed by atoms with Crippen molar-refractivity contribution in [1.29, 1.82) is 0 Å². The van der Waals surface area contributed by atoms with E-state index in [2.05, 4.69) is 33.3 Å². The fraction of sp³-hybridized carbons (Fsp3) is 0.500. The molecule has 2 nitrogen and oxygen atoms in total. The second-order valence-corrected chi connectivity index (χ2v) is 5.07. The van der Waals surface area contributed by atoms with Gasteiger partial charge in [0.25, 0.3) is 0 Å². The standard InChI is InChI=1S/C12H14BrF3O2S/c13-10-8-9(17-6-2-1-3-7-19)4-5-11(10)18-12(14,15)16/h4-5,8,19H,1-3,6-7H2. The first-order chi connectivity index (χ1) is 8.92. The molecule has 0 aliphatic rings. The van der Waals surface area contributed by atoms with Crippen LogP contribution in [0.25, 0.3) is 0 Å². The summed E-state index contributed by atoms with van der Waals surface area (Å²) in [6, 6.07) is 4.13. The average Bonchev–Trinajstić information content (AvgIpc) is 2.31. The lowest BCUT2D eigenvalue weighted by molar-refractivity contribution is -0.274. The Labute approximate surface area is 123 Å². The summed E-state index contributed by atoms with van der Waals surface area (Å²) >= 11 is 7.12. The van der Waals surface area contributed by atoms with Gasteiger partial charge in [0.05, 0.1) is 11.1 Å². The van der Waals surface area contributed by atoms with Crippen LogP contribution in [0, 0.1) is 0 Å². The van der Waals surface area contributed by atoms with Crippen LogP contribution in [0.3, 0.4) is 0 Å². The first-order valence-corrected chi connectivity index (χ1v) is 7.14. The van der Waals surface area contributed by atoms with E-state index in [-0.39, 0.29) is 10.2 Å². The number of ether oxygens (including phenoxy) is 2. The molecule has 0 saturated carbocycles. The van der Waals surface area contributed by atoms with Crippen LogP contribution in [-0.2, 0) is 0 Å². The van der Waals surface area contributed by atoms with Crippen LogP contribution in [0.5, 0.6) is 11.5 Å². The van der Waals surface area contributed by atoms with E-state index in [1.54, 1.807) is 0 Å². The lowest BCUT2D eigenvalue weighted by Gasteiger charge is -2.12. The zero-order chi connectivity index (χ0) is 14.3. The molecule has 0 N–H and O–H groups in total. The van der Waals surface area contributed by atoms with Gasteiger partial charge in [0.2, 0.25) is 0 Å². The van der Waals surface area contributed by atoms with Gasteiger partial charge in [-0.25, -0.2) is 0 Å². The molecule has 0 aliphatic carbocycles. The second kappa shape index (κ2) is 7.89. The highest BCUT2D eigenvalue weighted by Gasteiger charge is 2.31. The number of halogens is 4. The summed E-state index contributed by atoms with van der Waals surface area (Å²) in [5.41, 5.74) is 0. The molecule has 0 fully saturated rings. The van der Waals surface area contributed by atoms with Gasteiger partial charge in [-0.1, -0.05) is 0 Å². The van der Waals surface area contributed by atoms with Gasteiger partial charge in [-0.3, -0.25) is 0 Å². The monoisotopic (exact) mass is 358 g/mol. The molecule has 0 spiro atoms. The molecule has 1 rings (SSSR count). The van der Waals surface area contributed by atoms with Crippen molar-refractivity contribution in [1.82, 2.24) is 0 Å². The smallest absolute Gasteiger partial charge is 0.494 e. The summed E-state index contributed by atoms with van der Waals surface area (Å²) < 4.78 is 45.7. The first kappa shape index (κ1) is 16.5. The Morgan fingerprint density at radius 3 is 2.47 bits per heavy atom. The number of rotatable bonds is 7. The normalized spacial score (nSPS) is 11.4. The van der Waals surface area contributed by atoms with Crippen LogP contribution in [0.4, 0.5) is 13.2 Å². The molecule has 0 saturated heterocycles. The molecule has 7 heteroatoms. The van der Waals surface area contributed by atoms with Gasteiger partial charge in [-0.2, -0.15) is 12.6 Å². The van der Waals surface area contributed by atoms with Gasteiger partial charge in [-0.15, -0.1) is 13.2 Å². The Morgan fingerprint density at radius 2 is 1.89 bits per heavy atom. The molecule has 0 aliphatic heterocycles. The maximum Gasteiger partial charge on any atom is 0.573 e. The fourth-order valence-electron chi connectivity index (χ4n) is 1.36. The molecule has 1 aromatic carbocycles. The second-order valence-electron chi connectivity index (χ2n) is 3.77. The topological polar surface area (TPSA) is 18.5 Å². The molecule has 1 aromatic rings. The summed E-state index contributed by atoms with van der Waals surface area (Å²) in [5, 5.41) is 0. The van der Waals surface area contributed by atoms with Gasteiger partial charge in [0, 0.05) is 0 Å². The van der Waals surface area contributed by atoms with E-state index in [1.807, 2.05) is 0 Å². The predicted molar refractivity (Wildman–Crippen MR) is 74.0 cm³/mol. The van der Waals surface area contributed by atoms with Crippen LogP contribution in [0.2, 0.25) is 0 Å². The Bertz CT molecular complexity index is 399. The Kier molecular flexibility index (Phi) is 6.85. The SMILES string of the molecule is FC(F)(F)Oc1ccc(OCCCCCS)cc1Br. The lowest BCUT2D eigenvalue weighted by Crippen LogP contribution is -2.17. The van der Waals surface area contributed by atoms with Crippen molar-refractivity contribution in [3.05, 3.63) is 22.7 Å². The Morgan fingerprint density at radius 1 is 1.16 bits per heavy atom. The molecule has 0 unspecified atom stereocenters. The van der Waals surface area contributed by atoms with Crippen molar-refractivity contribution in [3.8, 4) is 11.5 Å². The van der Waals surface area contributed by atoms with Crippen molar-refractivity contribution in [2.45, 2.75) is 25.6 Å². The minimum atomic E-state index is -4.70. The van der Waals surface area contributed by atoms with E-state index in [0.717, 1.165) is 25.0 Å². The summed E-state index contributed by atoms with van der Waals surface area (Å²) in [6.07, 6.45) is -1.77. The van der Waals surface area contributed by atoms with Crippen molar-refractivity contribution >= 4 is 28.6 Å². The van der Waals surface area contributed by atoms with E-state index in [1.165, 1.54) is 18.2 Å². The van der Waals surface area contributed by atoms with Crippen molar-refractivity contribution in [2.24, 2.45) is 0 Å². The van der Waals surface area contributed by atoms with E-state index >= 15 is 0 Å². The highest BCUT2D eigenvalue weighted by atomic mass is 79.9. The molecule has 0 bridgehead atoms. The van der Waals surface area contributed by atoms with E-state index in [4.69, 9.17) is 4.74 Å². The van der Waals surface area contributed by atoms with Gasteiger partial charge >= 0.3 is 6.36 Å². The maximum atomic E-state index is 12.1. The van der Waals surface area contributed by atoms with Crippen LogP contribution in [-0.4, -0.2) is 18.7 Å². The first-order valence-electron chi connectivity index (χ1n) is 5.71. The fourth-order valence-corrected chi connectivity index (χ4v) is 2.02. The molecule has 19 heavy (non-hydrogen) atoms. The highest BCUT2D eigenvalue weighted by Crippen LogP contribution is 2.33. The van der Waals surface area contributed by atoms with Gasteiger partial charge < -0.3 is 9.47 Å². The molecule has 0 heterocycles. The number of thiol groups is 1. The summed E-state index contributed by atoms with van der Waals surface area (Å²) in [6.45, 7) is 0.527. The molecular formula is C12H14BrF3O2S. The number of hydrogen-bond acceptors (Lipinski definition) is 3. The largest absolute Gasteiger partial charge is 0.573 e. The predicted octanol–water partition coefficient (Wildman–Crippen LogP) is 4.83. The molecule has 108 valence electrons. The van der Waals surface area contributed by atoms with E-state index in [0.29, 0.717) is 12.4 Å². The lowest BCUT2D eigenvalue weighted by atomic mass is 10.2. The minimum Gasteiger partial charge on any atom is -0.494 e. The van der Waals surface area contributed by atoms with Crippen molar-refractivity contribution in [2.75, 3.05) is 12.4 Å². The van der Waals surface area contributed by atoms with Gasteiger partial charge in [-0.05, 0) is 59.1 Å². The van der Waals surface area contributed by atoms with Crippen molar-refractivity contribution in [3.63, 3.8) is 0 Å². The summed E-state index contributed by atoms with van der Waals surface area (Å²) in [7, 11) is 0. The third kappa shape index (κ3) is 6.96. The van der Waals surface area contributed by atoms with Crippen LogP contribution >= 0.6 is 28.6 Å². The molecule has 0 atom stereocenters. The Balaban J connectivity index is 2.47. The van der Waals surface area contributed by atoms with E-state index in [9.17, 15) is 13.2 Å². The number of alkyl halides is 3. The third-order valence-electron chi connectivity index (χ3n) is 2.20. The number of hydrogen-bond donors (Lipinski definition) is 1. The molecule has 0 amide bonds. The third-order valence-corrected chi connectivity index (χ3v) is 3.14. The quantitative estimate of drug-likeness (QED) is 0.556. The zero-order valence-electron chi connectivity index (χ0n) is 10.0. The minimum absolute atomic E-state index is 0.206. The zero-order valence-corrected chi connectivity index (χ0v) is 12.5. The Hall–Kier alpha value is -0.560. The molecule has 0 radical (unpaired) electrons. The van der Waals surface area contributed by atoms with Crippen molar-refractivity contribution < 1.29 is 22.6 Å². The molecule has 0 aromatic heterocycles. The maximum absolute atomic E-state index is 12.1.